The van der Waals surface area contributed by atoms with Crippen LogP contribution in [0.25, 0.3) is 0 Å². The molecule has 0 aromatic heterocycles. The molecule has 2 aromatic carbocycles. The second kappa shape index (κ2) is 11.0. The highest BCUT2D eigenvalue weighted by molar-refractivity contribution is 5.56. The molecule has 1 unspecified atom stereocenters. The van der Waals surface area contributed by atoms with Crippen molar-refractivity contribution in [2.45, 2.75) is 71.1 Å². The zero-order chi connectivity index (χ0) is 22.3. The number of para-hydroxylation sites is 1. The van der Waals surface area contributed by atoms with Crippen molar-refractivity contribution in [3.8, 4) is 17.2 Å². The van der Waals surface area contributed by atoms with E-state index in [9.17, 15) is 0 Å². The molecule has 0 saturated heterocycles. The minimum absolute atomic E-state index is 0.0395. The van der Waals surface area contributed by atoms with Crippen LogP contribution in [0.3, 0.4) is 0 Å². The van der Waals surface area contributed by atoms with E-state index in [1.165, 1.54) is 43.4 Å². The van der Waals surface area contributed by atoms with Gasteiger partial charge >= 0.3 is 0 Å². The summed E-state index contributed by atoms with van der Waals surface area (Å²) in [5.41, 5.74) is 2.75. The van der Waals surface area contributed by atoms with Crippen molar-refractivity contribution in [3.63, 3.8) is 0 Å². The highest BCUT2D eigenvalue weighted by Crippen LogP contribution is 2.47. The summed E-state index contributed by atoms with van der Waals surface area (Å²) in [6.07, 6.45) is 8.50. The molecule has 3 nitrogen and oxygen atoms in total. The molecule has 0 bridgehead atoms. The van der Waals surface area contributed by atoms with Gasteiger partial charge in [0.25, 0.3) is 0 Å². The third kappa shape index (κ3) is 6.26. The van der Waals surface area contributed by atoms with Crippen molar-refractivity contribution in [2.75, 3.05) is 27.2 Å². The minimum Gasteiger partial charge on any atom is -0.493 e. The average Bonchev–Trinajstić information content (AvgIpc) is 3.60. The van der Waals surface area contributed by atoms with E-state index in [0.29, 0.717) is 0 Å². The summed E-state index contributed by atoms with van der Waals surface area (Å²) in [4.78, 5) is 2.53. The molecule has 0 radical (unpaired) electrons. The molecule has 1 aliphatic carbocycles. The number of hydrogen-bond donors (Lipinski definition) is 0. The fourth-order valence-corrected chi connectivity index (χ4v) is 4.64. The fraction of sp³-hybridized carbons (Fsp3) is 0.571. The van der Waals surface area contributed by atoms with Gasteiger partial charge in [0.1, 0.15) is 5.75 Å². The molecule has 3 heteroatoms. The van der Waals surface area contributed by atoms with Gasteiger partial charge in [0.15, 0.2) is 11.5 Å². The SMILES string of the molecule is CCCCC(C)(CCN(C)CC1CC1)c1c(CC)ccc(OC)c1Oc1ccccc1. The lowest BCUT2D eigenvalue weighted by Crippen LogP contribution is -2.32. The summed E-state index contributed by atoms with van der Waals surface area (Å²) in [6, 6.07) is 14.4. The first-order valence-electron chi connectivity index (χ1n) is 12.1. The molecule has 0 N–H and O–H groups in total. The van der Waals surface area contributed by atoms with Crippen LogP contribution >= 0.6 is 0 Å². The molecular weight excluding hydrogens is 382 g/mol. The lowest BCUT2D eigenvalue weighted by Gasteiger charge is -2.36. The van der Waals surface area contributed by atoms with Gasteiger partial charge in [-0.15, -0.1) is 0 Å². The van der Waals surface area contributed by atoms with Crippen molar-refractivity contribution >= 4 is 0 Å². The molecule has 170 valence electrons. The molecule has 1 aliphatic rings. The Labute approximate surface area is 189 Å². The first kappa shape index (κ1) is 23.7. The van der Waals surface area contributed by atoms with Crippen LogP contribution in [0.15, 0.2) is 42.5 Å². The lowest BCUT2D eigenvalue weighted by molar-refractivity contribution is 0.262. The maximum atomic E-state index is 6.54. The summed E-state index contributed by atoms with van der Waals surface area (Å²) >= 11 is 0. The number of rotatable bonds is 13. The zero-order valence-corrected chi connectivity index (χ0v) is 20.2. The number of methoxy groups -OCH3 is 1. The monoisotopic (exact) mass is 423 g/mol. The largest absolute Gasteiger partial charge is 0.493 e. The Morgan fingerprint density at radius 1 is 1.03 bits per heavy atom. The Morgan fingerprint density at radius 3 is 2.39 bits per heavy atom. The Kier molecular flexibility index (Phi) is 8.43. The molecule has 2 aromatic rings. The van der Waals surface area contributed by atoms with Crippen LogP contribution in [-0.4, -0.2) is 32.1 Å². The van der Waals surface area contributed by atoms with Crippen LogP contribution in [0.2, 0.25) is 0 Å². The quantitative estimate of drug-likeness (QED) is 0.339. The fourth-order valence-electron chi connectivity index (χ4n) is 4.64. The number of unbranched alkanes of at least 4 members (excludes halogenated alkanes) is 1. The van der Waals surface area contributed by atoms with Crippen LogP contribution in [0.4, 0.5) is 0 Å². The zero-order valence-electron chi connectivity index (χ0n) is 20.2. The number of hydrogen-bond acceptors (Lipinski definition) is 3. The van der Waals surface area contributed by atoms with Crippen molar-refractivity contribution in [1.29, 1.82) is 0 Å². The molecule has 0 amide bonds. The van der Waals surface area contributed by atoms with E-state index in [1.54, 1.807) is 7.11 Å². The average molecular weight is 424 g/mol. The molecule has 1 saturated carbocycles. The predicted molar refractivity (Wildman–Crippen MR) is 131 cm³/mol. The lowest BCUT2D eigenvalue weighted by atomic mass is 9.72. The van der Waals surface area contributed by atoms with E-state index in [1.807, 2.05) is 30.3 Å². The van der Waals surface area contributed by atoms with Crippen LogP contribution in [0.1, 0.15) is 70.4 Å². The summed E-state index contributed by atoms with van der Waals surface area (Å²) in [5.74, 6) is 3.51. The van der Waals surface area contributed by atoms with Crippen LogP contribution < -0.4 is 9.47 Å². The van der Waals surface area contributed by atoms with E-state index < -0.39 is 0 Å². The molecule has 31 heavy (non-hydrogen) atoms. The molecule has 0 heterocycles. The van der Waals surface area contributed by atoms with E-state index in [2.05, 4.69) is 44.9 Å². The van der Waals surface area contributed by atoms with Gasteiger partial charge in [0, 0.05) is 12.1 Å². The molecule has 1 fully saturated rings. The van der Waals surface area contributed by atoms with Gasteiger partial charge in [-0.3, -0.25) is 0 Å². The van der Waals surface area contributed by atoms with Gasteiger partial charge in [0.05, 0.1) is 7.11 Å². The van der Waals surface area contributed by atoms with Gasteiger partial charge in [-0.1, -0.05) is 57.9 Å². The highest BCUT2D eigenvalue weighted by Gasteiger charge is 2.34. The maximum Gasteiger partial charge on any atom is 0.173 e. The van der Waals surface area contributed by atoms with Crippen molar-refractivity contribution < 1.29 is 9.47 Å². The second-order valence-electron chi connectivity index (χ2n) is 9.52. The van der Waals surface area contributed by atoms with Crippen LogP contribution in [0.5, 0.6) is 17.2 Å². The van der Waals surface area contributed by atoms with E-state index in [4.69, 9.17) is 9.47 Å². The maximum absolute atomic E-state index is 6.54. The van der Waals surface area contributed by atoms with Gasteiger partial charge in [-0.25, -0.2) is 0 Å². The topological polar surface area (TPSA) is 21.7 Å². The molecular formula is C28H41NO2. The standard InChI is InChI=1S/C28H41NO2/c1-6-8-18-28(3,19-20-29(4)21-22-14-15-22)26-23(7-2)16-17-25(30-5)27(26)31-24-12-10-9-11-13-24/h9-13,16-17,22H,6-8,14-15,18-21H2,1-5H3. The predicted octanol–water partition coefficient (Wildman–Crippen LogP) is 7.23. The number of ether oxygens (including phenoxy) is 2. The van der Waals surface area contributed by atoms with Crippen molar-refractivity contribution in [1.82, 2.24) is 4.90 Å². The Balaban J connectivity index is 1.99. The smallest absolute Gasteiger partial charge is 0.173 e. The third-order valence-electron chi connectivity index (χ3n) is 6.77. The number of aryl methyl sites for hydroxylation is 1. The van der Waals surface area contributed by atoms with E-state index in [-0.39, 0.29) is 5.41 Å². The van der Waals surface area contributed by atoms with Crippen LogP contribution in [0, 0.1) is 5.92 Å². The molecule has 3 rings (SSSR count). The minimum atomic E-state index is 0.0395. The van der Waals surface area contributed by atoms with E-state index >= 15 is 0 Å². The highest BCUT2D eigenvalue weighted by atomic mass is 16.5. The normalized spacial score (nSPS) is 15.7. The van der Waals surface area contributed by atoms with E-state index in [0.717, 1.165) is 49.0 Å². The molecule has 0 aliphatic heterocycles. The molecule has 0 spiro atoms. The van der Waals surface area contributed by atoms with Crippen molar-refractivity contribution in [2.24, 2.45) is 5.92 Å². The summed E-state index contributed by atoms with van der Waals surface area (Å²) < 4.78 is 12.4. The number of benzene rings is 2. The van der Waals surface area contributed by atoms with Crippen molar-refractivity contribution in [3.05, 3.63) is 53.6 Å². The Morgan fingerprint density at radius 2 is 1.77 bits per heavy atom. The summed E-state index contributed by atoms with van der Waals surface area (Å²) in [5, 5.41) is 0. The first-order valence-corrected chi connectivity index (χ1v) is 12.1. The Hall–Kier alpha value is -2.00. The van der Waals surface area contributed by atoms with Gasteiger partial charge in [0.2, 0.25) is 0 Å². The summed E-state index contributed by atoms with van der Waals surface area (Å²) in [7, 11) is 4.03. The molecule has 1 atom stereocenters. The summed E-state index contributed by atoms with van der Waals surface area (Å²) in [6.45, 7) is 9.32. The van der Waals surface area contributed by atoms with Gasteiger partial charge in [-0.05, 0) is 80.8 Å². The van der Waals surface area contributed by atoms with Gasteiger partial charge in [-0.2, -0.15) is 0 Å². The first-order chi connectivity index (χ1) is 15.0. The third-order valence-corrected chi connectivity index (χ3v) is 6.77. The Bertz CT molecular complexity index is 815. The number of nitrogens with zero attached hydrogens (tertiary/aromatic N) is 1. The van der Waals surface area contributed by atoms with Crippen LogP contribution in [-0.2, 0) is 11.8 Å². The second-order valence-corrected chi connectivity index (χ2v) is 9.52. The van der Waals surface area contributed by atoms with Gasteiger partial charge < -0.3 is 14.4 Å².